The molecule has 4 rings (SSSR count). The molecule has 0 radical (unpaired) electrons. The van der Waals surface area contributed by atoms with Crippen LogP contribution < -0.4 is 5.56 Å². The van der Waals surface area contributed by atoms with Crippen molar-refractivity contribution < 1.29 is 18.7 Å². The second-order valence-electron chi connectivity index (χ2n) is 6.94. The molecule has 0 aliphatic carbocycles. The van der Waals surface area contributed by atoms with Crippen LogP contribution in [0, 0.1) is 13.8 Å². The molecule has 0 N–H and O–H groups in total. The number of rotatable bonds is 3. The van der Waals surface area contributed by atoms with Gasteiger partial charge in [0.25, 0.3) is 5.56 Å². The maximum Gasteiger partial charge on any atom is 0.264 e. The van der Waals surface area contributed by atoms with Crippen LogP contribution in [0.25, 0.3) is 11.1 Å². The third kappa shape index (κ3) is 2.93. The number of fused-ring (bicyclic) bond motifs is 1. The van der Waals surface area contributed by atoms with Gasteiger partial charge in [-0.05, 0) is 13.8 Å². The maximum atomic E-state index is 12.6. The third-order valence-electron chi connectivity index (χ3n) is 5.41. The minimum atomic E-state index is -0.487. The predicted octanol–water partition coefficient (Wildman–Crippen LogP) is 1.36. The second kappa shape index (κ2) is 6.51. The first kappa shape index (κ1) is 17.2. The van der Waals surface area contributed by atoms with E-state index in [2.05, 4.69) is 4.98 Å². The van der Waals surface area contributed by atoms with Gasteiger partial charge in [0.2, 0.25) is 11.6 Å². The van der Waals surface area contributed by atoms with Crippen molar-refractivity contribution in [3.63, 3.8) is 0 Å². The van der Waals surface area contributed by atoms with Crippen molar-refractivity contribution in [3.8, 4) is 0 Å². The van der Waals surface area contributed by atoms with E-state index in [-0.39, 0.29) is 17.9 Å². The smallest absolute Gasteiger partial charge is 0.264 e. The number of furan rings is 1. The van der Waals surface area contributed by atoms with E-state index in [0.29, 0.717) is 62.5 Å². The molecule has 2 aliphatic heterocycles. The zero-order valence-corrected chi connectivity index (χ0v) is 15.1. The zero-order valence-electron chi connectivity index (χ0n) is 15.1. The van der Waals surface area contributed by atoms with Crippen molar-refractivity contribution in [2.24, 2.45) is 0 Å². The molecular formula is C18H23N3O5. The van der Waals surface area contributed by atoms with E-state index in [1.165, 1.54) is 10.9 Å². The van der Waals surface area contributed by atoms with Crippen LogP contribution in [0.15, 0.2) is 15.5 Å². The number of nitrogens with zero attached hydrogens (tertiary/aromatic N) is 3. The maximum absolute atomic E-state index is 12.6. The summed E-state index contributed by atoms with van der Waals surface area (Å²) in [6, 6.07) is 0. The van der Waals surface area contributed by atoms with Crippen molar-refractivity contribution in [2.45, 2.75) is 45.4 Å². The molecule has 2 saturated heterocycles. The fourth-order valence-corrected chi connectivity index (χ4v) is 3.69. The number of hydrogen-bond donors (Lipinski definition) is 0. The normalized spacial score (nSPS) is 19.5. The molecule has 2 fully saturated rings. The Hall–Kier alpha value is -2.19. The van der Waals surface area contributed by atoms with Crippen molar-refractivity contribution >= 4 is 17.0 Å². The molecule has 0 bridgehead atoms. The number of hydrogen-bond acceptors (Lipinski definition) is 6. The Morgan fingerprint density at radius 1 is 1.23 bits per heavy atom. The number of likely N-dealkylation sites (tertiary alicyclic amines) is 1. The van der Waals surface area contributed by atoms with E-state index in [1.54, 1.807) is 0 Å². The monoisotopic (exact) mass is 361 g/mol. The molecule has 0 unspecified atom stereocenters. The SMILES string of the molecule is Cc1oc2ncn(CCC(=O)N3CCC4(CC3)OCCO4)c(=O)c2c1C. The molecule has 0 aromatic carbocycles. The molecule has 2 aromatic heterocycles. The fourth-order valence-electron chi connectivity index (χ4n) is 3.69. The van der Waals surface area contributed by atoms with Gasteiger partial charge in [-0.1, -0.05) is 0 Å². The molecule has 2 aromatic rings. The summed E-state index contributed by atoms with van der Waals surface area (Å²) < 4.78 is 18.3. The van der Waals surface area contributed by atoms with E-state index in [9.17, 15) is 9.59 Å². The van der Waals surface area contributed by atoms with E-state index >= 15 is 0 Å². The lowest BCUT2D eigenvalue weighted by Gasteiger charge is -2.37. The highest BCUT2D eigenvalue weighted by Crippen LogP contribution is 2.31. The molecule has 4 heterocycles. The average Bonchev–Trinajstić information content (AvgIpc) is 3.20. The Bertz CT molecular complexity index is 884. The van der Waals surface area contributed by atoms with E-state index in [4.69, 9.17) is 13.9 Å². The molecule has 1 amide bonds. The molecular weight excluding hydrogens is 338 g/mol. The Kier molecular flexibility index (Phi) is 4.32. The minimum Gasteiger partial charge on any atom is -0.443 e. The van der Waals surface area contributed by atoms with Gasteiger partial charge in [0.05, 0.1) is 13.2 Å². The Morgan fingerprint density at radius 2 is 1.92 bits per heavy atom. The van der Waals surface area contributed by atoms with Gasteiger partial charge in [-0.3, -0.25) is 14.2 Å². The van der Waals surface area contributed by atoms with Gasteiger partial charge in [-0.15, -0.1) is 0 Å². The van der Waals surface area contributed by atoms with Crippen LogP contribution >= 0.6 is 0 Å². The molecule has 2 aliphatic rings. The van der Waals surface area contributed by atoms with Crippen LogP contribution in [-0.2, 0) is 20.8 Å². The zero-order chi connectivity index (χ0) is 18.3. The molecule has 0 atom stereocenters. The summed E-state index contributed by atoms with van der Waals surface area (Å²) in [5.74, 6) is 0.237. The van der Waals surface area contributed by atoms with E-state index in [1.807, 2.05) is 18.7 Å². The van der Waals surface area contributed by atoms with Gasteiger partial charge in [-0.25, -0.2) is 4.98 Å². The van der Waals surface area contributed by atoms with Crippen molar-refractivity contribution in [1.82, 2.24) is 14.5 Å². The lowest BCUT2D eigenvalue weighted by atomic mass is 10.0. The summed E-state index contributed by atoms with van der Waals surface area (Å²) in [4.78, 5) is 31.2. The van der Waals surface area contributed by atoms with Gasteiger partial charge >= 0.3 is 0 Å². The minimum absolute atomic E-state index is 0.0324. The van der Waals surface area contributed by atoms with Gasteiger partial charge in [0.1, 0.15) is 17.5 Å². The van der Waals surface area contributed by atoms with Crippen LogP contribution in [0.4, 0.5) is 0 Å². The van der Waals surface area contributed by atoms with Gasteiger partial charge < -0.3 is 18.8 Å². The number of aromatic nitrogens is 2. The molecule has 8 nitrogen and oxygen atoms in total. The third-order valence-corrected chi connectivity index (χ3v) is 5.41. The van der Waals surface area contributed by atoms with E-state index < -0.39 is 5.79 Å². The van der Waals surface area contributed by atoms with Gasteiger partial charge in [0.15, 0.2) is 5.79 Å². The highest BCUT2D eigenvalue weighted by molar-refractivity contribution is 5.78. The van der Waals surface area contributed by atoms with Crippen LogP contribution in [0.2, 0.25) is 0 Å². The van der Waals surface area contributed by atoms with Crippen molar-refractivity contribution in [1.29, 1.82) is 0 Å². The van der Waals surface area contributed by atoms with Gasteiger partial charge in [0, 0.05) is 44.5 Å². The Morgan fingerprint density at radius 3 is 2.62 bits per heavy atom. The Labute approximate surface area is 150 Å². The molecule has 1 spiro atoms. The summed E-state index contributed by atoms with van der Waals surface area (Å²) in [5.41, 5.74) is 0.990. The van der Waals surface area contributed by atoms with Crippen LogP contribution in [0.3, 0.4) is 0 Å². The quantitative estimate of drug-likeness (QED) is 0.820. The lowest BCUT2D eigenvalue weighted by molar-refractivity contribution is -0.187. The van der Waals surface area contributed by atoms with Crippen molar-refractivity contribution in [3.05, 3.63) is 28.0 Å². The van der Waals surface area contributed by atoms with Crippen LogP contribution in [-0.4, -0.2) is 52.4 Å². The molecule has 8 heteroatoms. The highest BCUT2D eigenvalue weighted by atomic mass is 16.7. The number of piperidine rings is 1. The molecule has 140 valence electrons. The first-order valence-electron chi connectivity index (χ1n) is 9.00. The predicted molar refractivity (Wildman–Crippen MR) is 92.8 cm³/mol. The summed E-state index contributed by atoms with van der Waals surface area (Å²) >= 11 is 0. The highest BCUT2D eigenvalue weighted by Gasteiger charge is 2.40. The second-order valence-corrected chi connectivity index (χ2v) is 6.94. The number of ether oxygens (including phenoxy) is 2. The first-order valence-corrected chi connectivity index (χ1v) is 9.00. The number of carbonyl (C=O) groups is 1. The number of aryl methyl sites for hydroxylation is 3. The van der Waals surface area contributed by atoms with Crippen molar-refractivity contribution in [2.75, 3.05) is 26.3 Å². The lowest BCUT2D eigenvalue weighted by Crippen LogP contribution is -2.47. The summed E-state index contributed by atoms with van der Waals surface area (Å²) in [7, 11) is 0. The molecule has 0 saturated carbocycles. The summed E-state index contributed by atoms with van der Waals surface area (Å²) in [6.07, 6.45) is 3.10. The van der Waals surface area contributed by atoms with Crippen LogP contribution in [0.5, 0.6) is 0 Å². The number of amides is 1. The van der Waals surface area contributed by atoms with Crippen LogP contribution in [0.1, 0.15) is 30.6 Å². The summed E-state index contributed by atoms with van der Waals surface area (Å²) in [5, 5.41) is 0.493. The largest absolute Gasteiger partial charge is 0.443 e. The van der Waals surface area contributed by atoms with Gasteiger partial charge in [-0.2, -0.15) is 0 Å². The summed E-state index contributed by atoms with van der Waals surface area (Å²) in [6.45, 7) is 6.44. The Balaban J connectivity index is 1.40. The van der Waals surface area contributed by atoms with E-state index in [0.717, 1.165) is 5.56 Å². The topological polar surface area (TPSA) is 86.8 Å². The average molecular weight is 361 g/mol. The first-order chi connectivity index (χ1) is 12.5. The molecule has 26 heavy (non-hydrogen) atoms. The standard InChI is InChI=1S/C18H23N3O5/c1-12-13(2)26-16-15(12)17(23)21(11-19-16)6-3-14(22)20-7-4-18(5-8-20)24-9-10-25-18/h11H,3-10H2,1-2H3. The number of carbonyl (C=O) groups excluding carboxylic acids is 1. The fraction of sp³-hybridized carbons (Fsp3) is 0.611.